The normalized spacial score (nSPS) is 8.67. The van der Waals surface area contributed by atoms with Gasteiger partial charge in [0.15, 0.2) is 0 Å². The van der Waals surface area contributed by atoms with Crippen molar-refractivity contribution in [2.45, 2.75) is 27.7 Å². The van der Waals surface area contributed by atoms with Crippen LogP contribution in [0.25, 0.3) is 0 Å². The smallest absolute Gasteiger partial charge is 0.0861 e. The van der Waals surface area contributed by atoms with Crippen LogP contribution in [0.3, 0.4) is 0 Å². The lowest BCUT2D eigenvalue weighted by atomic mass is 10.2. The molecule has 2 nitrogen and oxygen atoms in total. The van der Waals surface area contributed by atoms with E-state index in [1.54, 1.807) is 0 Å². The van der Waals surface area contributed by atoms with E-state index in [-0.39, 0.29) is 0 Å². The molecule has 0 N–H and O–H groups in total. The summed E-state index contributed by atoms with van der Waals surface area (Å²) in [4.78, 5) is 6.53. The van der Waals surface area contributed by atoms with Crippen LogP contribution in [0, 0.1) is 0 Å². The van der Waals surface area contributed by atoms with Gasteiger partial charge in [-0.05, 0) is 26.0 Å². The van der Waals surface area contributed by atoms with Gasteiger partial charge in [0.25, 0.3) is 0 Å². The summed E-state index contributed by atoms with van der Waals surface area (Å²) in [5.74, 6) is 0. The van der Waals surface area contributed by atoms with Gasteiger partial charge in [-0.1, -0.05) is 26.0 Å². The number of para-hydroxylation sites is 2. The van der Waals surface area contributed by atoms with E-state index >= 15 is 0 Å². The molecule has 1 aromatic carbocycles. The summed E-state index contributed by atoms with van der Waals surface area (Å²) in [7, 11) is 4.05. The Bertz CT molecular complexity index is 310. The summed E-state index contributed by atoms with van der Waals surface area (Å²) >= 11 is 0. The van der Waals surface area contributed by atoms with Crippen LogP contribution >= 0.6 is 0 Å². The zero-order valence-corrected chi connectivity index (χ0v) is 10.7. The largest absolute Gasteiger partial charge is 0.376 e. The van der Waals surface area contributed by atoms with Crippen molar-refractivity contribution in [3.8, 4) is 0 Å². The zero-order valence-electron chi connectivity index (χ0n) is 10.7. The highest BCUT2D eigenvalue weighted by Gasteiger charge is 2.00. The standard InChI is InChI=1S/C11H16N2.C2H6/c1-9(2)12-10-7-5-6-8-11(10)13(3)4;1-2/h5-8H,1-4H3;1-2H3. The monoisotopic (exact) mass is 206 g/mol. The molecule has 0 spiro atoms. The first-order chi connectivity index (χ1) is 7.11. The van der Waals surface area contributed by atoms with Gasteiger partial charge in [0.2, 0.25) is 0 Å². The van der Waals surface area contributed by atoms with Gasteiger partial charge < -0.3 is 4.90 Å². The van der Waals surface area contributed by atoms with Gasteiger partial charge in [0.05, 0.1) is 11.4 Å². The lowest BCUT2D eigenvalue weighted by Crippen LogP contribution is -2.08. The van der Waals surface area contributed by atoms with E-state index in [2.05, 4.69) is 16.0 Å². The zero-order chi connectivity index (χ0) is 11.8. The Balaban J connectivity index is 0.000000921. The third-order valence-corrected chi connectivity index (χ3v) is 1.71. The van der Waals surface area contributed by atoms with Gasteiger partial charge in [-0.25, -0.2) is 0 Å². The molecule has 1 aromatic rings. The van der Waals surface area contributed by atoms with E-state index in [1.165, 1.54) is 0 Å². The van der Waals surface area contributed by atoms with E-state index in [4.69, 9.17) is 0 Å². The SMILES string of the molecule is CC.CC(C)=Nc1ccccc1N(C)C. The number of nitrogens with zero attached hydrogens (tertiary/aromatic N) is 2. The van der Waals surface area contributed by atoms with E-state index in [1.807, 2.05) is 60.0 Å². The number of hydrogen-bond donors (Lipinski definition) is 0. The number of hydrogen-bond acceptors (Lipinski definition) is 2. The summed E-state index contributed by atoms with van der Waals surface area (Å²) in [5, 5.41) is 0. The molecule has 0 saturated carbocycles. The number of aliphatic imine (C=N–C) groups is 1. The Hall–Kier alpha value is -1.31. The van der Waals surface area contributed by atoms with E-state index in [0.717, 1.165) is 17.1 Å². The number of anilines is 1. The fourth-order valence-electron chi connectivity index (χ4n) is 1.18. The third kappa shape index (κ3) is 4.63. The minimum atomic E-state index is 1.03. The second kappa shape index (κ2) is 7.04. The summed E-state index contributed by atoms with van der Waals surface area (Å²) in [5.41, 5.74) is 3.27. The van der Waals surface area contributed by atoms with Crippen molar-refractivity contribution < 1.29 is 0 Å². The molecule has 0 atom stereocenters. The first-order valence-electron chi connectivity index (χ1n) is 5.39. The quantitative estimate of drug-likeness (QED) is 0.670. The van der Waals surface area contributed by atoms with Gasteiger partial charge in [-0.3, -0.25) is 4.99 Å². The second-order valence-corrected chi connectivity index (χ2v) is 3.44. The number of benzene rings is 1. The van der Waals surface area contributed by atoms with E-state index in [9.17, 15) is 0 Å². The Labute approximate surface area is 93.6 Å². The molecule has 1 rings (SSSR count). The Morgan fingerprint density at radius 1 is 1.07 bits per heavy atom. The summed E-state index contributed by atoms with van der Waals surface area (Å²) in [6.45, 7) is 8.01. The maximum atomic E-state index is 4.46. The van der Waals surface area contributed by atoms with Gasteiger partial charge in [-0.15, -0.1) is 0 Å². The fraction of sp³-hybridized carbons (Fsp3) is 0.462. The van der Waals surface area contributed by atoms with E-state index in [0.29, 0.717) is 0 Å². The summed E-state index contributed by atoms with van der Waals surface area (Å²) < 4.78 is 0. The lowest BCUT2D eigenvalue weighted by molar-refractivity contribution is 1.13. The van der Waals surface area contributed by atoms with Crippen molar-refractivity contribution >= 4 is 17.1 Å². The molecule has 0 aliphatic heterocycles. The Morgan fingerprint density at radius 3 is 2.07 bits per heavy atom. The predicted octanol–water partition coefficient (Wildman–Crippen LogP) is 3.89. The van der Waals surface area contributed by atoms with Crippen LogP contribution in [0.5, 0.6) is 0 Å². The van der Waals surface area contributed by atoms with Gasteiger partial charge in [0.1, 0.15) is 0 Å². The molecule has 0 radical (unpaired) electrons. The summed E-state index contributed by atoms with van der Waals surface area (Å²) in [6, 6.07) is 8.14. The highest BCUT2D eigenvalue weighted by molar-refractivity contribution is 5.84. The van der Waals surface area contributed by atoms with Gasteiger partial charge in [0, 0.05) is 19.8 Å². The van der Waals surface area contributed by atoms with Crippen molar-refractivity contribution in [3.05, 3.63) is 24.3 Å². The molecule has 2 heteroatoms. The van der Waals surface area contributed by atoms with Crippen LogP contribution in [-0.2, 0) is 0 Å². The van der Waals surface area contributed by atoms with Crippen LogP contribution in [0.15, 0.2) is 29.3 Å². The van der Waals surface area contributed by atoms with Gasteiger partial charge >= 0.3 is 0 Å². The van der Waals surface area contributed by atoms with Crippen LogP contribution in [0.4, 0.5) is 11.4 Å². The molecule has 0 aliphatic rings. The van der Waals surface area contributed by atoms with Crippen molar-refractivity contribution in [1.29, 1.82) is 0 Å². The Kier molecular flexibility index (Phi) is 6.43. The van der Waals surface area contributed by atoms with Crippen molar-refractivity contribution in [2.75, 3.05) is 19.0 Å². The minimum absolute atomic E-state index is 1.03. The molecule has 0 aliphatic carbocycles. The van der Waals surface area contributed by atoms with Gasteiger partial charge in [-0.2, -0.15) is 0 Å². The first kappa shape index (κ1) is 13.7. The third-order valence-electron chi connectivity index (χ3n) is 1.71. The minimum Gasteiger partial charge on any atom is -0.376 e. The molecule has 15 heavy (non-hydrogen) atoms. The van der Waals surface area contributed by atoms with Crippen LogP contribution in [0.1, 0.15) is 27.7 Å². The molecule has 0 unspecified atom stereocenters. The van der Waals surface area contributed by atoms with Crippen molar-refractivity contribution in [3.63, 3.8) is 0 Å². The van der Waals surface area contributed by atoms with Crippen LogP contribution in [0.2, 0.25) is 0 Å². The molecule has 0 heterocycles. The maximum absolute atomic E-state index is 4.46. The van der Waals surface area contributed by atoms with Crippen molar-refractivity contribution in [1.82, 2.24) is 0 Å². The highest BCUT2D eigenvalue weighted by Crippen LogP contribution is 2.26. The Morgan fingerprint density at radius 2 is 1.60 bits per heavy atom. The molecule has 0 bridgehead atoms. The first-order valence-corrected chi connectivity index (χ1v) is 5.39. The van der Waals surface area contributed by atoms with Crippen molar-refractivity contribution in [2.24, 2.45) is 4.99 Å². The van der Waals surface area contributed by atoms with Crippen LogP contribution in [-0.4, -0.2) is 19.8 Å². The fourth-order valence-corrected chi connectivity index (χ4v) is 1.18. The predicted molar refractivity (Wildman–Crippen MR) is 70.6 cm³/mol. The molecule has 0 amide bonds. The average molecular weight is 206 g/mol. The maximum Gasteiger partial charge on any atom is 0.0861 e. The van der Waals surface area contributed by atoms with Crippen LogP contribution < -0.4 is 4.90 Å². The lowest BCUT2D eigenvalue weighted by Gasteiger charge is -2.14. The molecule has 84 valence electrons. The molecule has 0 saturated heterocycles. The topological polar surface area (TPSA) is 15.6 Å². The molecular weight excluding hydrogens is 184 g/mol. The average Bonchev–Trinajstić information content (AvgIpc) is 2.20. The summed E-state index contributed by atoms with van der Waals surface area (Å²) in [6.07, 6.45) is 0. The highest BCUT2D eigenvalue weighted by atomic mass is 15.1. The number of rotatable bonds is 2. The molecule has 0 aromatic heterocycles. The second-order valence-electron chi connectivity index (χ2n) is 3.44. The molecule has 0 fully saturated rings. The van der Waals surface area contributed by atoms with E-state index < -0.39 is 0 Å². The molecular formula is C13H22N2.